The van der Waals surface area contributed by atoms with Crippen LogP contribution in [0.15, 0.2) is 36.4 Å². The molecular formula is C19H16FN3O6. The van der Waals surface area contributed by atoms with Crippen molar-refractivity contribution in [3.05, 3.63) is 52.3 Å². The number of amides is 2. The van der Waals surface area contributed by atoms with Crippen LogP contribution in [0.1, 0.15) is 6.42 Å². The summed E-state index contributed by atoms with van der Waals surface area (Å²) in [6.07, 6.45) is -0.0104. The monoisotopic (exact) mass is 401 g/mol. The minimum absolute atomic E-state index is 0.0104. The fraction of sp³-hybridized carbons (Fsp3) is 0.263. The number of carbonyl (C=O) groups excluding carboxylic acids is 2. The Morgan fingerprint density at radius 3 is 2.69 bits per heavy atom. The first-order chi connectivity index (χ1) is 13.9. The number of nitrogens with one attached hydrogen (secondary N) is 1. The molecule has 0 spiro atoms. The molecule has 2 aliphatic heterocycles. The van der Waals surface area contributed by atoms with Crippen LogP contribution in [0.2, 0.25) is 0 Å². The van der Waals surface area contributed by atoms with Crippen molar-refractivity contribution in [1.82, 2.24) is 0 Å². The number of hydrogen-bond acceptors (Lipinski definition) is 6. The van der Waals surface area contributed by atoms with Gasteiger partial charge in [0.05, 0.1) is 10.8 Å². The van der Waals surface area contributed by atoms with Crippen molar-refractivity contribution in [2.75, 3.05) is 30.0 Å². The molecule has 1 saturated heterocycles. The van der Waals surface area contributed by atoms with Gasteiger partial charge in [0.1, 0.15) is 13.2 Å². The van der Waals surface area contributed by atoms with E-state index >= 15 is 0 Å². The molecule has 0 aromatic heterocycles. The molecule has 1 N–H and O–H groups in total. The highest BCUT2D eigenvalue weighted by Crippen LogP contribution is 2.36. The van der Waals surface area contributed by atoms with E-state index in [0.717, 1.165) is 12.1 Å². The number of carbonyl (C=O) groups is 2. The van der Waals surface area contributed by atoms with Crippen LogP contribution in [0.25, 0.3) is 0 Å². The third-order valence-corrected chi connectivity index (χ3v) is 4.74. The van der Waals surface area contributed by atoms with Crippen LogP contribution >= 0.6 is 0 Å². The number of nitro benzene ring substituents is 1. The number of benzene rings is 2. The molecule has 1 fully saturated rings. The Morgan fingerprint density at radius 1 is 1.17 bits per heavy atom. The number of nitro groups is 1. The Kier molecular flexibility index (Phi) is 4.75. The van der Waals surface area contributed by atoms with Gasteiger partial charge in [-0.15, -0.1) is 0 Å². The maximum Gasteiger partial charge on any atom is 0.306 e. The van der Waals surface area contributed by atoms with E-state index in [2.05, 4.69) is 5.32 Å². The number of fused-ring (bicyclic) bond motifs is 1. The first-order valence-corrected chi connectivity index (χ1v) is 8.87. The average molecular weight is 401 g/mol. The van der Waals surface area contributed by atoms with Crippen molar-refractivity contribution in [3.8, 4) is 11.5 Å². The zero-order valence-electron chi connectivity index (χ0n) is 15.1. The second-order valence-electron chi connectivity index (χ2n) is 6.65. The molecule has 2 amide bonds. The van der Waals surface area contributed by atoms with Gasteiger partial charge in [-0.3, -0.25) is 19.7 Å². The van der Waals surface area contributed by atoms with Gasteiger partial charge in [0.2, 0.25) is 17.6 Å². The van der Waals surface area contributed by atoms with Crippen LogP contribution in [-0.2, 0) is 9.59 Å². The molecular weight excluding hydrogens is 385 g/mol. The van der Waals surface area contributed by atoms with Crippen LogP contribution < -0.4 is 19.7 Å². The maximum atomic E-state index is 13.4. The van der Waals surface area contributed by atoms with Gasteiger partial charge in [0.25, 0.3) is 0 Å². The molecule has 1 atom stereocenters. The third-order valence-electron chi connectivity index (χ3n) is 4.74. The van der Waals surface area contributed by atoms with E-state index in [9.17, 15) is 24.1 Å². The molecule has 0 aliphatic carbocycles. The molecule has 0 radical (unpaired) electrons. The molecule has 2 heterocycles. The SMILES string of the molecule is O=C(Nc1ccc(F)c([N+](=O)[O-])c1)[C@H]1CC(=O)N(c2ccc3c(c2)OCCO3)C1. The van der Waals surface area contributed by atoms with Gasteiger partial charge in [0.15, 0.2) is 11.5 Å². The lowest BCUT2D eigenvalue weighted by Crippen LogP contribution is -2.28. The van der Waals surface area contributed by atoms with E-state index in [0.29, 0.717) is 30.4 Å². The van der Waals surface area contributed by atoms with Crippen molar-refractivity contribution in [2.24, 2.45) is 5.92 Å². The summed E-state index contributed by atoms with van der Waals surface area (Å²) in [5.41, 5.74) is -0.0523. The summed E-state index contributed by atoms with van der Waals surface area (Å²) in [6, 6.07) is 8.21. The number of ether oxygens (including phenoxy) is 2. The molecule has 150 valence electrons. The van der Waals surface area contributed by atoms with Gasteiger partial charge in [-0.05, 0) is 24.3 Å². The number of hydrogen-bond donors (Lipinski definition) is 1. The molecule has 10 heteroatoms. The zero-order valence-corrected chi connectivity index (χ0v) is 15.1. The second-order valence-corrected chi connectivity index (χ2v) is 6.65. The highest BCUT2D eigenvalue weighted by molar-refractivity contribution is 6.03. The Morgan fingerprint density at radius 2 is 1.93 bits per heavy atom. The number of rotatable bonds is 4. The van der Waals surface area contributed by atoms with Gasteiger partial charge >= 0.3 is 5.69 Å². The maximum absolute atomic E-state index is 13.4. The summed E-state index contributed by atoms with van der Waals surface area (Å²) in [6.45, 7) is 1.02. The summed E-state index contributed by atoms with van der Waals surface area (Å²) in [5.74, 6) is -1.22. The molecule has 0 unspecified atom stereocenters. The van der Waals surface area contributed by atoms with Gasteiger partial charge in [-0.25, -0.2) is 0 Å². The topological polar surface area (TPSA) is 111 Å². The molecule has 9 nitrogen and oxygen atoms in total. The summed E-state index contributed by atoms with van der Waals surface area (Å²) in [7, 11) is 0. The lowest BCUT2D eigenvalue weighted by Gasteiger charge is -2.22. The average Bonchev–Trinajstić information content (AvgIpc) is 3.10. The summed E-state index contributed by atoms with van der Waals surface area (Å²) < 4.78 is 24.4. The molecule has 2 aliphatic rings. The normalized spacial score (nSPS) is 17.9. The minimum Gasteiger partial charge on any atom is -0.486 e. The highest BCUT2D eigenvalue weighted by Gasteiger charge is 2.35. The molecule has 2 aromatic rings. The number of nitrogens with zero attached hydrogens (tertiary/aromatic N) is 2. The van der Waals surface area contributed by atoms with Crippen molar-refractivity contribution >= 4 is 28.9 Å². The van der Waals surface area contributed by atoms with Crippen LogP contribution in [0.3, 0.4) is 0 Å². The van der Waals surface area contributed by atoms with Gasteiger partial charge < -0.3 is 19.7 Å². The molecule has 4 rings (SSSR count). The predicted molar refractivity (Wildman–Crippen MR) is 99.6 cm³/mol. The van der Waals surface area contributed by atoms with Crippen LogP contribution in [0, 0.1) is 21.8 Å². The Balaban J connectivity index is 1.47. The quantitative estimate of drug-likeness (QED) is 0.622. The van der Waals surface area contributed by atoms with Gasteiger partial charge in [0, 0.05) is 36.5 Å². The fourth-order valence-corrected chi connectivity index (χ4v) is 3.31. The number of anilines is 2. The standard InChI is InChI=1S/C19H16FN3O6/c20-14-3-1-12(8-15(14)23(26)27)21-19(25)11-7-18(24)22(10-11)13-2-4-16-17(9-13)29-6-5-28-16/h1-4,8-9,11H,5-7,10H2,(H,21,25)/t11-/m0/s1. The van der Waals surface area contributed by atoms with E-state index in [-0.39, 0.29) is 24.6 Å². The highest BCUT2D eigenvalue weighted by atomic mass is 19.1. The largest absolute Gasteiger partial charge is 0.486 e. The van der Waals surface area contributed by atoms with Crippen LogP contribution in [0.5, 0.6) is 11.5 Å². The Bertz CT molecular complexity index is 1010. The zero-order chi connectivity index (χ0) is 20.5. The Hall–Kier alpha value is -3.69. The minimum atomic E-state index is -0.992. The Labute approximate surface area is 164 Å². The first-order valence-electron chi connectivity index (χ1n) is 8.87. The molecule has 0 saturated carbocycles. The van der Waals surface area contributed by atoms with Crippen LogP contribution in [0.4, 0.5) is 21.5 Å². The predicted octanol–water partition coefficient (Wildman–Crippen LogP) is 2.50. The summed E-state index contributed by atoms with van der Waals surface area (Å²) in [5, 5.41) is 13.4. The van der Waals surface area contributed by atoms with Crippen molar-refractivity contribution < 1.29 is 28.4 Å². The van der Waals surface area contributed by atoms with Crippen LogP contribution in [-0.4, -0.2) is 36.5 Å². The lowest BCUT2D eigenvalue weighted by molar-refractivity contribution is -0.387. The van der Waals surface area contributed by atoms with Gasteiger partial charge in [-0.2, -0.15) is 4.39 Å². The lowest BCUT2D eigenvalue weighted by atomic mass is 10.1. The summed E-state index contributed by atoms with van der Waals surface area (Å²) >= 11 is 0. The molecule has 29 heavy (non-hydrogen) atoms. The van der Waals surface area contributed by atoms with E-state index in [1.807, 2.05) is 0 Å². The van der Waals surface area contributed by atoms with E-state index in [4.69, 9.17) is 9.47 Å². The molecule has 2 aromatic carbocycles. The fourth-order valence-electron chi connectivity index (χ4n) is 3.31. The van der Waals surface area contributed by atoms with E-state index in [1.54, 1.807) is 18.2 Å². The van der Waals surface area contributed by atoms with E-state index < -0.39 is 28.3 Å². The smallest absolute Gasteiger partial charge is 0.306 e. The first kappa shape index (κ1) is 18.7. The van der Waals surface area contributed by atoms with E-state index in [1.165, 1.54) is 11.0 Å². The van der Waals surface area contributed by atoms with Crippen molar-refractivity contribution in [3.63, 3.8) is 0 Å². The third kappa shape index (κ3) is 3.68. The van der Waals surface area contributed by atoms with Crippen molar-refractivity contribution in [1.29, 1.82) is 0 Å². The van der Waals surface area contributed by atoms with Crippen molar-refractivity contribution in [2.45, 2.75) is 6.42 Å². The molecule has 0 bridgehead atoms. The summed E-state index contributed by atoms with van der Waals surface area (Å²) in [4.78, 5) is 36.4. The van der Waals surface area contributed by atoms with Gasteiger partial charge in [-0.1, -0.05) is 0 Å². The number of halogens is 1. The second kappa shape index (κ2) is 7.38.